The largest absolute Gasteiger partial charge is 4.00 e. The molecule has 0 atom stereocenters. The summed E-state index contributed by atoms with van der Waals surface area (Å²) < 4.78 is 0. The molecule has 24 heavy (non-hydrogen) atoms. The normalized spacial score (nSPS) is 12.2. The fraction of sp³-hybridized carbons (Fsp3) is 0.316. The molecule has 0 spiro atoms. The van der Waals surface area contributed by atoms with Crippen molar-refractivity contribution in [2.75, 3.05) is 6.61 Å². The molecule has 0 fully saturated rings. The van der Waals surface area contributed by atoms with Crippen LogP contribution in [0, 0.1) is 13.0 Å². The molecule has 0 aromatic heterocycles. The number of aryl methyl sites for hydroxylation is 1. The van der Waals surface area contributed by atoms with Crippen molar-refractivity contribution in [3.05, 3.63) is 64.9 Å². The first-order valence-corrected chi connectivity index (χ1v) is 9.95. The van der Waals surface area contributed by atoms with Crippen LogP contribution in [0.2, 0.25) is 13.1 Å². The number of aliphatic hydroxyl groups is 1. The van der Waals surface area contributed by atoms with Gasteiger partial charge in [-0.2, -0.15) is 17.7 Å². The van der Waals surface area contributed by atoms with Gasteiger partial charge >= 0.3 is 26.2 Å². The van der Waals surface area contributed by atoms with Gasteiger partial charge in [0.05, 0.1) is 0 Å². The summed E-state index contributed by atoms with van der Waals surface area (Å²) in [5.74, 6) is 0. The van der Waals surface area contributed by atoms with Gasteiger partial charge in [-0.25, -0.2) is 5.20 Å². The maximum absolute atomic E-state index is 8.76. The summed E-state index contributed by atoms with van der Waals surface area (Å²) in [5, 5.41) is 12.9. The van der Waals surface area contributed by atoms with Crippen molar-refractivity contribution in [2.45, 2.75) is 32.9 Å². The number of hydrogen-bond acceptors (Lipinski definition) is 1. The van der Waals surface area contributed by atoms with Crippen LogP contribution in [0.3, 0.4) is 0 Å². The third-order valence-corrected chi connectivity index (χ3v) is 5.09. The first kappa shape index (κ1) is 26.2. The van der Waals surface area contributed by atoms with Gasteiger partial charge in [0.15, 0.2) is 0 Å². The molecule has 0 heterocycles. The predicted molar refractivity (Wildman–Crippen MR) is 92.9 cm³/mol. The minimum atomic E-state index is -0.356. The molecule has 0 saturated carbocycles. The van der Waals surface area contributed by atoms with Gasteiger partial charge < -0.3 is 29.9 Å². The molecule has 1 aliphatic carbocycles. The number of hydrogen-bond donors (Lipinski definition) is 1. The Labute approximate surface area is 179 Å². The van der Waals surface area contributed by atoms with Crippen molar-refractivity contribution < 1.29 is 56.1 Å². The Kier molecular flexibility index (Phi) is 14.4. The third kappa shape index (κ3) is 7.45. The van der Waals surface area contributed by atoms with E-state index in [1.54, 1.807) is 0 Å². The summed E-state index contributed by atoms with van der Waals surface area (Å²) in [6, 6.07) is 12.8. The molecule has 1 nitrogen and oxygen atoms in total. The molecule has 1 aliphatic rings. The van der Waals surface area contributed by atoms with Crippen molar-refractivity contribution in [3.8, 4) is 0 Å². The molecule has 127 valence electrons. The van der Waals surface area contributed by atoms with Gasteiger partial charge in [0, 0.05) is 15.4 Å². The van der Waals surface area contributed by atoms with E-state index in [-0.39, 0.29) is 66.4 Å². The summed E-state index contributed by atoms with van der Waals surface area (Å²) in [5.41, 5.74) is 2.69. The Morgan fingerprint density at radius 2 is 1.88 bits per heavy atom. The Balaban J connectivity index is 0. The van der Waals surface area contributed by atoms with Crippen molar-refractivity contribution in [2.24, 2.45) is 0 Å². The number of aliphatic hydroxyl groups excluding tert-OH is 1. The van der Waals surface area contributed by atoms with Crippen molar-refractivity contribution in [3.63, 3.8) is 0 Å². The van der Waals surface area contributed by atoms with E-state index in [1.165, 1.54) is 27.1 Å². The zero-order valence-corrected chi connectivity index (χ0v) is 19.3. The zero-order chi connectivity index (χ0) is 15.2. The molecular weight excluding hydrogens is 434 g/mol. The molecule has 0 aliphatic heterocycles. The molecule has 0 bridgehead atoms. The van der Waals surface area contributed by atoms with E-state index in [9.17, 15) is 0 Å². The zero-order valence-electron chi connectivity index (χ0n) is 14.4. The van der Waals surface area contributed by atoms with E-state index in [0.717, 1.165) is 12.8 Å². The summed E-state index contributed by atoms with van der Waals surface area (Å²) in [4.78, 5) is 0. The average Bonchev–Trinajstić information content (AvgIpc) is 3.04. The molecule has 0 saturated heterocycles. The summed E-state index contributed by atoms with van der Waals surface area (Å²) in [7, 11) is -0.356. The van der Waals surface area contributed by atoms with Crippen molar-refractivity contribution >= 4 is 19.6 Å². The molecule has 2 aromatic carbocycles. The van der Waals surface area contributed by atoms with Gasteiger partial charge in [0.1, 0.15) is 0 Å². The van der Waals surface area contributed by atoms with E-state index in [1.807, 2.05) is 0 Å². The van der Waals surface area contributed by atoms with Crippen molar-refractivity contribution in [1.82, 2.24) is 0 Å². The van der Waals surface area contributed by atoms with Gasteiger partial charge in [-0.3, -0.25) is 6.08 Å². The quantitative estimate of drug-likeness (QED) is 0.444. The second kappa shape index (κ2) is 13.2. The van der Waals surface area contributed by atoms with E-state index in [4.69, 9.17) is 5.11 Å². The van der Waals surface area contributed by atoms with Crippen LogP contribution in [-0.2, 0) is 26.2 Å². The average molecular weight is 458 g/mol. The van der Waals surface area contributed by atoms with Crippen LogP contribution in [0.15, 0.2) is 53.2 Å². The van der Waals surface area contributed by atoms with Crippen LogP contribution in [-0.4, -0.2) is 20.5 Å². The second-order valence-corrected chi connectivity index (χ2v) is 8.12. The Hall–Kier alpha value is -0.0500. The summed E-state index contributed by atoms with van der Waals surface area (Å²) in [6.07, 6.45) is 7.31. The van der Waals surface area contributed by atoms with E-state index < -0.39 is 0 Å². The van der Waals surface area contributed by atoms with E-state index in [2.05, 4.69) is 68.6 Å². The van der Waals surface area contributed by atoms with Gasteiger partial charge in [0.25, 0.3) is 0 Å². The molecule has 2 aromatic rings. The minimum absolute atomic E-state index is 0. The van der Waals surface area contributed by atoms with Crippen LogP contribution < -0.4 is 24.8 Å². The fourth-order valence-electron chi connectivity index (χ4n) is 2.64. The molecule has 5 heteroatoms. The molecule has 3 rings (SSSR count). The Morgan fingerprint density at radius 1 is 1.21 bits per heavy atom. The van der Waals surface area contributed by atoms with Gasteiger partial charge in [-0.1, -0.05) is 32.5 Å². The molecular formula is C19H23Cl2OSiZr. The number of rotatable bonds is 3. The summed E-state index contributed by atoms with van der Waals surface area (Å²) in [6.45, 7) is 6.93. The summed E-state index contributed by atoms with van der Waals surface area (Å²) >= 11 is 0. The van der Waals surface area contributed by atoms with Gasteiger partial charge in [-0.05, 0) is 0 Å². The van der Waals surface area contributed by atoms with Crippen molar-refractivity contribution in [1.29, 1.82) is 0 Å². The maximum atomic E-state index is 8.76. The van der Waals surface area contributed by atoms with Gasteiger partial charge in [0.2, 0.25) is 0 Å². The molecule has 0 amide bonds. The smallest absolute Gasteiger partial charge is 1.00 e. The first-order chi connectivity index (χ1) is 10.1. The number of benzene rings is 1. The number of allylic oxidation sites excluding steroid dienone is 3. The first-order valence-electron chi connectivity index (χ1n) is 7.45. The maximum Gasteiger partial charge on any atom is 4.00 e. The Bertz CT molecular complexity index is 629. The monoisotopic (exact) mass is 455 g/mol. The second-order valence-electron chi connectivity index (χ2n) is 5.62. The Morgan fingerprint density at radius 3 is 2.46 bits per heavy atom. The van der Waals surface area contributed by atoms with E-state index >= 15 is 0 Å². The van der Waals surface area contributed by atoms with Crippen LogP contribution in [0.4, 0.5) is 0 Å². The van der Waals surface area contributed by atoms with Crippen LogP contribution in [0.5, 0.6) is 0 Å². The van der Waals surface area contributed by atoms with Gasteiger partial charge in [-0.15, -0.1) is 47.0 Å². The fourth-order valence-corrected chi connectivity index (χ4v) is 3.97. The third-order valence-electron chi connectivity index (χ3n) is 3.59. The SMILES string of the molecule is C[Si](C)C1=[C-]CC=C1CCO.Cc1cc2ccccc2[cH-]1.[Cl-].[Cl-].[Zr+4]. The van der Waals surface area contributed by atoms with E-state index in [0.29, 0.717) is 0 Å². The molecule has 1 radical (unpaired) electrons. The topological polar surface area (TPSA) is 20.2 Å². The molecule has 0 unspecified atom stereocenters. The standard InChI is InChI=1S/C10H9.C9H14OSi.2ClH.Zr/c1-8-6-9-4-2-3-5-10(9)7-8;1-11(2)9-5-3-4-8(9)6-7-10;;;/h2-7H,1H3;4,10H,3,6-7H2,1-2H3;2*1H;/q2*-1;;;+4/p-2. The molecule has 1 N–H and O–H groups in total. The van der Waals surface area contributed by atoms with Crippen LogP contribution >= 0.6 is 0 Å². The van der Waals surface area contributed by atoms with Crippen LogP contribution in [0.25, 0.3) is 10.8 Å². The minimum Gasteiger partial charge on any atom is -1.00 e. The number of halogens is 2. The number of fused-ring (bicyclic) bond motifs is 1. The van der Waals surface area contributed by atoms with Crippen LogP contribution in [0.1, 0.15) is 18.4 Å². The predicted octanol–water partition coefficient (Wildman–Crippen LogP) is -1.41.